The first-order valence-corrected chi connectivity index (χ1v) is 6.75. The molecule has 1 N–H and O–H groups in total. The van der Waals surface area contributed by atoms with E-state index in [1.54, 1.807) is 0 Å². The van der Waals surface area contributed by atoms with E-state index in [2.05, 4.69) is 5.10 Å². The van der Waals surface area contributed by atoms with Crippen LogP contribution in [0.15, 0.2) is 0 Å². The minimum absolute atomic E-state index is 0.0299. The number of hydrogen-bond acceptors (Lipinski definition) is 2. The Bertz CT molecular complexity index is 394. The van der Waals surface area contributed by atoms with Crippen LogP contribution in [0.4, 0.5) is 0 Å². The van der Waals surface area contributed by atoms with Gasteiger partial charge in [-0.2, -0.15) is 5.10 Å². The first kappa shape index (κ1) is 12.9. The average molecular weight is 257 g/mol. The second-order valence-electron chi connectivity index (χ2n) is 5.37. The number of nitrogens with zero attached hydrogens (tertiary/aromatic N) is 2. The Morgan fingerprint density at radius 2 is 2.00 bits per heavy atom. The summed E-state index contributed by atoms with van der Waals surface area (Å²) in [4.78, 5) is 0. The molecule has 96 valence electrons. The van der Waals surface area contributed by atoms with Gasteiger partial charge in [0, 0.05) is 13.7 Å². The van der Waals surface area contributed by atoms with Gasteiger partial charge in [-0.25, -0.2) is 0 Å². The minimum atomic E-state index is 0.0299. The van der Waals surface area contributed by atoms with E-state index in [-0.39, 0.29) is 12.0 Å². The molecule has 3 nitrogen and oxygen atoms in total. The second-order valence-corrected chi connectivity index (χ2v) is 5.74. The van der Waals surface area contributed by atoms with Crippen LogP contribution in [0.1, 0.15) is 43.5 Å². The molecule has 0 unspecified atom stereocenters. The van der Waals surface area contributed by atoms with E-state index in [9.17, 15) is 5.11 Å². The van der Waals surface area contributed by atoms with E-state index in [0.29, 0.717) is 0 Å². The predicted octanol–water partition coefficient (Wildman–Crippen LogP) is 2.87. The van der Waals surface area contributed by atoms with E-state index >= 15 is 0 Å². The van der Waals surface area contributed by atoms with Crippen molar-refractivity contribution in [3.05, 3.63) is 16.4 Å². The molecule has 2 rings (SSSR count). The number of rotatable bonds is 3. The molecule has 1 fully saturated rings. The van der Waals surface area contributed by atoms with Gasteiger partial charge in [-0.3, -0.25) is 4.68 Å². The molecular weight excluding hydrogens is 236 g/mol. The number of aliphatic hydroxyl groups excluding tert-OH is 1. The van der Waals surface area contributed by atoms with Crippen LogP contribution in [0, 0.1) is 12.3 Å². The lowest BCUT2D eigenvalue weighted by molar-refractivity contribution is 0.0805. The summed E-state index contributed by atoms with van der Waals surface area (Å²) in [6, 6.07) is 0. The van der Waals surface area contributed by atoms with E-state index in [0.717, 1.165) is 35.7 Å². The molecular formula is C13H21ClN2O. The highest BCUT2D eigenvalue weighted by Crippen LogP contribution is 2.40. The Labute approximate surface area is 108 Å². The third-order valence-corrected chi connectivity index (χ3v) is 4.55. The van der Waals surface area contributed by atoms with Crippen LogP contribution in [-0.2, 0) is 13.5 Å². The number of aryl methyl sites for hydroxylation is 2. The zero-order chi connectivity index (χ0) is 12.5. The van der Waals surface area contributed by atoms with Crippen molar-refractivity contribution in [1.82, 2.24) is 9.78 Å². The van der Waals surface area contributed by atoms with Crippen LogP contribution < -0.4 is 0 Å². The van der Waals surface area contributed by atoms with Gasteiger partial charge in [0.2, 0.25) is 0 Å². The summed E-state index contributed by atoms with van der Waals surface area (Å²) >= 11 is 6.29. The van der Waals surface area contributed by atoms with Gasteiger partial charge in [-0.15, -0.1) is 0 Å². The van der Waals surface area contributed by atoms with Crippen LogP contribution in [0.25, 0.3) is 0 Å². The standard InChI is InChI=1S/C13H21ClN2O/c1-10-12(14)11(16(2)15-10)8-13(9-17)6-4-3-5-7-13/h17H,3-9H2,1-2H3. The normalized spacial score (nSPS) is 19.5. The molecule has 1 aliphatic carbocycles. The van der Waals surface area contributed by atoms with Crippen molar-refractivity contribution in [3.63, 3.8) is 0 Å². The van der Waals surface area contributed by atoms with Gasteiger partial charge < -0.3 is 5.11 Å². The Balaban J connectivity index is 2.23. The molecule has 0 aromatic carbocycles. The average Bonchev–Trinajstić information content (AvgIpc) is 2.57. The van der Waals surface area contributed by atoms with Crippen molar-refractivity contribution in [1.29, 1.82) is 0 Å². The minimum Gasteiger partial charge on any atom is -0.396 e. The monoisotopic (exact) mass is 256 g/mol. The van der Waals surface area contributed by atoms with E-state index in [1.165, 1.54) is 19.3 Å². The van der Waals surface area contributed by atoms with E-state index in [1.807, 2.05) is 18.7 Å². The van der Waals surface area contributed by atoms with E-state index in [4.69, 9.17) is 11.6 Å². The van der Waals surface area contributed by atoms with Gasteiger partial charge in [0.1, 0.15) is 0 Å². The maximum Gasteiger partial charge on any atom is 0.0847 e. The van der Waals surface area contributed by atoms with Gasteiger partial charge in [0.25, 0.3) is 0 Å². The molecule has 1 saturated carbocycles. The molecule has 0 atom stereocenters. The van der Waals surface area contributed by atoms with Gasteiger partial charge in [0.15, 0.2) is 0 Å². The van der Waals surface area contributed by atoms with Crippen molar-refractivity contribution in [3.8, 4) is 0 Å². The molecule has 1 heterocycles. The molecule has 4 heteroatoms. The highest BCUT2D eigenvalue weighted by molar-refractivity contribution is 6.31. The van der Waals surface area contributed by atoms with Crippen LogP contribution >= 0.6 is 11.6 Å². The highest BCUT2D eigenvalue weighted by atomic mass is 35.5. The zero-order valence-corrected chi connectivity index (χ0v) is 11.4. The topological polar surface area (TPSA) is 38.0 Å². The molecule has 1 aliphatic rings. The van der Waals surface area contributed by atoms with Crippen LogP contribution in [0.2, 0.25) is 5.02 Å². The zero-order valence-electron chi connectivity index (χ0n) is 10.7. The van der Waals surface area contributed by atoms with E-state index < -0.39 is 0 Å². The molecule has 0 saturated heterocycles. The molecule has 17 heavy (non-hydrogen) atoms. The number of aliphatic hydroxyl groups is 1. The fraction of sp³-hybridized carbons (Fsp3) is 0.769. The Morgan fingerprint density at radius 1 is 1.35 bits per heavy atom. The van der Waals surface area contributed by atoms with Gasteiger partial charge in [0.05, 0.1) is 16.4 Å². The van der Waals surface area contributed by atoms with Crippen LogP contribution in [-0.4, -0.2) is 21.5 Å². The summed E-state index contributed by atoms with van der Waals surface area (Å²) in [6.07, 6.45) is 6.78. The van der Waals surface area contributed by atoms with Crippen molar-refractivity contribution in [2.45, 2.75) is 45.4 Å². The third-order valence-electron chi connectivity index (χ3n) is 4.05. The third kappa shape index (κ3) is 2.50. The van der Waals surface area contributed by atoms with Crippen LogP contribution in [0.5, 0.6) is 0 Å². The molecule has 0 spiro atoms. The van der Waals surface area contributed by atoms with Gasteiger partial charge in [-0.1, -0.05) is 30.9 Å². The molecule has 0 aliphatic heterocycles. The molecule has 0 radical (unpaired) electrons. The number of halogens is 1. The summed E-state index contributed by atoms with van der Waals surface area (Å²) in [5.74, 6) is 0. The summed E-state index contributed by atoms with van der Waals surface area (Å²) in [5, 5.41) is 14.8. The van der Waals surface area contributed by atoms with Gasteiger partial charge in [-0.05, 0) is 31.6 Å². The van der Waals surface area contributed by atoms with Crippen LogP contribution in [0.3, 0.4) is 0 Å². The SMILES string of the molecule is Cc1nn(C)c(CC2(CO)CCCCC2)c1Cl. The fourth-order valence-electron chi connectivity index (χ4n) is 2.92. The van der Waals surface area contributed by atoms with Gasteiger partial charge >= 0.3 is 0 Å². The maximum atomic E-state index is 9.72. The second kappa shape index (κ2) is 4.99. The quantitative estimate of drug-likeness (QED) is 0.903. The Kier molecular flexibility index (Phi) is 3.79. The molecule has 0 bridgehead atoms. The Morgan fingerprint density at radius 3 is 2.47 bits per heavy atom. The first-order chi connectivity index (χ1) is 8.08. The lowest BCUT2D eigenvalue weighted by Crippen LogP contribution is -2.31. The lowest BCUT2D eigenvalue weighted by atomic mass is 9.72. The maximum absolute atomic E-state index is 9.72. The Hall–Kier alpha value is -0.540. The predicted molar refractivity (Wildman–Crippen MR) is 69.3 cm³/mol. The fourth-order valence-corrected chi connectivity index (χ4v) is 3.15. The van der Waals surface area contributed by atoms with Crippen molar-refractivity contribution >= 4 is 11.6 Å². The summed E-state index contributed by atoms with van der Waals surface area (Å²) < 4.78 is 1.86. The number of hydrogen-bond donors (Lipinski definition) is 1. The molecule has 0 amide bonds. The van der Waals surface area contributed by atoms with Crippen molar-refractivity contribution in [2.75, 3.05) is 6.61 Å². The molecule has 1 aromatic heterocycles. The molecule has 1 aromatic rings. The highest BCUT2D eigenvalue weighted by Gasteiger charge is 2.33. The lowest BCUT2D eigenvalue weighted by Gasteiger charge is -2.35. The van der Waals surface area contributed by atoms with Crippen molar-refractivity contribution in [2.24, 2.45) is 12.5 Å². The smallest absolute Gasteiger partial charge is 0.0847 e. The number of aromatic nitrogens is 2. The summed E-state index contributed by atoms with van der Waals surface area (Å²) in [5.41, 5.74) is 1.98. The summed E-state index contributed by atoms with van der Waals surface area (Å²) in [6.45, 7) is 2.19. The van der Waals surface area contributed by atoms with Crippen molar-refractivity contribution < 1.29 is 5.11 Å². The summed E-state index contributed by atoms with van der Waals surface area (Å²) in [7, 11) is 1.93. The first-order valence-electron chi connectivity index (χ1n) is 6.37. The largest absolute Gasteiger partial charge is 0.396 e.